The van der Waals surface area contributed by atoms with Crippen molar-refractivity contribution in [3.8, 4) is 5.75 Å². The van der Waals surface area contributed by atoms with Gasteiger partial charge in [-0.1, -0.05) is 12.1 Å². The Kier molecular flexibility index (Phi) is 6.05. The van der Waals surface area contributed by atoms with Crippen LogP contribution in [0.15, 0.2) is 48.7 Å². The number of carbonyl (C=O) groups excluding carboxylic acids is 1. The summed E-state index contributed by atoms with van der Waals surface area (Å²) in [5.74, 6) is -2.06. The molecule has 0 aliphatic carbocycles. The number of rotatable bonds is 5. The first kappa shape index (κ1) is 22.3. The van der Waals surface area contributed by atoms with Crippen molar-refractivity contribution in [2.24, 2.45) is 0 Å². The second kappa shape index (κ2) is 8.94. The van der Waals surface area contributed by atoms with E-state index in [1.807, 2.05) is 0 Å². The van der Waals surface area contributed by atoms with Gasteiger partial charge in [-0.25, -0.2) is 4.79 Å². The first-order valence-corrected chi connectivity index (χ1v) is 10.0. The van der Waals surface area contributed by atoms with E-state index < -0.39 is 18.1 Å². The van der Waals surface area contributed by atoms with Gasteiger partial charge in [0.1, 0.15) is 5.75 Å². The van der Waals surface area contributed by atoms with E-state index in [4.69, 9.17) is 0 Å². The lowest BCUT2D eigenvalue weighted by molar-refractivity contribution is -0.274. The number of carbonyl (C=O) groups is 2. The van der Waals surface area contributed by atoms with E-state index in [0.717, 1.165) is 12.1 Å². The largest absolute Gasteiger partial charge is 0.573 e. The minimum Gasteiger partial charge on any atom is -0.478 e. The number of para-hydroxylation sites is 1. The van der Waals surface area contributed by atoms with Gasteiger partial charge in [0.2, 0.25) is 0 Å². The molecule has 0 radical (unpaired) electrons. The van der Waals surface area contributed by atoms with Gasteiger partial charge in [-0.3, -0.25) is 9.78 Å². The predicted molar refractivity (Wildman–Crippen MR) is 114 cm³/mol. The molecule has 0 unspecified atom stereocenters. The standard InChI is InChI=1S/C22H19F3N4O4/c23-22(24,25)33-13-5-6-17-15(11-13)19(28-18-4-2-1-3-14(18)21(31)32)16(12-27-17)20(30)29-9-7-26-8-10-29/h1-6,11-12,26H,7-10H2,(H,27,28)(H,31,32). The van der Waals surface area contributed by atoms with E-state index in [0.29, 0.717) is 31.7 Å². The molecule has 1 aromatic heterocycles. The zero-order valence-corrected chi connectivity index (χ0v) is 17.1. The summed E-state index contributed by atoms with van der Waals surface area (Å²) >= 11 is 0. The second-order valence-corrected chi connectivity index (χ2v) is 7.29. The molecule has 33 heavy (non-hydrogen) atoms. The van der Waals surface area contributed by atoms with Crippen LogP contribution >= 0.6 is 0 Å². The van der Waals surface area contributed by atoms with Gasteiger partial charge in [-0.05, 0) is 30.3 Å². The molecule has 1 amide bonds. The number of pyridine rings is 1. The van der Waals surface area contributed by atoms with Crippen molar-refractivity contribution in [3.05, 3.63) is 59.8 Å². The van der Waals surface area contributed by atoms with Crippen LogP contribution in [0.4, 0.5) is 24.5 Å². The Morgan fingerprint density at radius 1 is 1.09 bits per heavy atom. The minimum atomic E-state index is -4.90. The average molecular weight is 460 g/mol. The fourth-order valence-corrected chi connectivity index (χ4v) is 3.62. The summed E-state index contributed by atoms with van der Waals surface area (Å²) in [5, 5.41) is 15.8. The summed E-state index contributed by atoms with van der Waals surface area (Å²) in [6.45, 7) is 2.08. The summed E-state index contributed by atoms with van der Waals surface area (Å²) in [5.41, 5.74) is 0.662. The Morgan fingerprint density at radius 2 is 1.82 bits per heavy atom. The van der Waals surface area contributed by atoms with Crippen molar-refractivity contribution < 1.29 is 32.6 Å². The number of piperazine rings is 1. The third kappa shape index (κ3) is 4.98. The molecule has 1 aliphatic heterocycles. The number of carboxylic acids is 1. The number of nitrogens with zero attached hydrogens (tertiary/aromatic N) is 2. The van der Waals surface area contributed by atoms with Crippen molar-refractivity contribution in [2.45, 2.75) is 6.36 Å². The van der Waals surface area contributed by atoms with Crippen LogP contribution < -0.4 is 15.4 Å². The Labute approximate surface area is 186 Å². The van der Waals surface area contributed by atoms with Crippen LogP contribution in [0, 0.1) is 0 Å². The number of hydrogen-bond donors (Lipinski definition) is 3. The Bertz CT molecular complexity index is 1210. The zero-order valence-electron chi connectivity index (χ0n) is 17.1. The molecule has 11 heteroatoms. The molecule has 1 aliphatic rings. The van der Waals surface area contributed by atoms with Gasteiger partial charge in [0.15, 0.2) is 0 Å². The van der Waals surface area contributed by atoms with Gasteiger partial charge >= 0.3 is 12.3 Å². The topological polar surface area (TPSA) is 104 Å². The van der Waals surface area contributed by atoms with Crippen molar-refractivity contribution in [2.75, 3.05) is 31.5 Å². The Balaban J connectivity index is 1.87. The second-order valence-electron chi connectivity index (χ2n) is 7.29. The number of hydrogen-bond acceptors (Lipinski definition) is 6. The average Bonchev–Trinajstić information content (AvgIpc) is 2.78. The number of benzene rings is 2. The lowest BCUT2D eigenvalue weighted by Gasteiger charge is -2.28. The zero-order chi connectivity index (χ0) is 23.6. The highest BCUT2D eigenvalue weighted by molar-refractivity contribution is 6.09. The monoisotopic (exact) mass is 460 g/mol. The fraction of sp³-hybridized carbons (Fsp3) is 0.227. The summed E-state index contributed by atoms with van der Waals surface area (Å²) in [6.07, 6.45) is -3.57. The third-order valence-electron chi connectivity index (χ3n) is 5.12. The van der Waals surface area contributed by atoms with Crippen LogP contribution in [-0.4, -0.2) is 59.4 Å². The predicted octanol–water partition coefficient (Wildman–Crippen LogP) is 3.62. The van der Waals surface area contributed by atoms with E-state index in [2.05, 4.69) is 20.4 Å². The van der Waals surface area contributed by atoms with Gasteiger partial charge in [0.25, 0.3) is 5.91 Å². The molecule has 8 nitrogen and oxygen atoms in total. The van der Waals surface area contributed by atoms with E-state index >= 15 is 0 Å². The third-order valence-corrected chi connectivity index (χ3v) is 5.12. The van der Waals surface area contributed by atoms with Crippen LogP contribution in [0.25, 0.3) is 10.9 Å². The van der Waals surface area contributed by atoms with Gasteiger partial charge in [0, 0.05) is 37.8 Å². The molecule has 172 valence electrons. The number of carboxylic acid groups (broad SMARTS) is 1. The number of ether oxygens (including phenoxy) is 1. The molecule has 0 saturated carbocycles. The van der Waals surface area contributed by atoms with E-state index in [-0.39, 0.29) is 33.8 Å². The summed E-state index contributed by atoms with van der Waals surface area (Å²) in [4.78, 5) is 30.8. The number of anilines is 2. The van der Waals surface area contributed by atoms with E-state index in [9.17, 15) is 27.9 Å². The summed E-state index contributed by atoms with van der Waals surface area (Å²) in [6, 6.07) is 9.61. The number of aromatic carboxylic acids is 1. The van der Waals surface area contributed by atoms with Crippen LogP contribution in [0.1, 0.15) is 20.7 Å². The lowest BCUT2D eigenvalue weighted by Crippen LogP contribution is -2.46. The van der Waals surface area contributed by atoms with Crippen LogP contribution in [0.2, 0.25) is 0 Å². The molecule has 2 heterocycles. The van der Waals surface area contributed by atoms with Crippen LogP contribution in [0.5, 0.6) is 5.75 Å². The number of nitrogens with one attached hydrogen (secondary N) is 2. The van der Waals surface area contributed by atoms with Crippen LogP contribution in [0.3, 0.4) is 0 Å². The van der Waals surface area contributed by atoms with E-state index in [1.165, 1.54) is 24.4 Å². The molecule has 0 atom stereocenters. The number of halogens is 3. The SMILES string of the molecule is O=C(O)c1ccccc1Nc1c(C(=O)N2CCNCC2)cnc2ccc(OC(F)(F)F)cc12. The lowest BCUT2D eigenvalue weighted by atomic mass is 10.1. The first-order valence-electron chi connectivity index (χ1n) is 10.0. The van der Waals surface area contributed by atoms with Crippen molar-refractivity contribution in [1.82, 2.24) is 15.2 Å². The maximum atomic E-state index is 13.3. The smallest absolute Gasteiger partial charge is 0.478 e. The molecular formula is C22H19F3N4O4. The van der Waals surface area contributed by atoms with Crippen molar-refractivity contribution in [3.63, 3.8) is 0 Å². The van der Waals surface area contributed by atoms with Gasteiger partial charge in [-0.15, -0.1) is 13.2 Å². The first-order chi connectivity index (χ1) is 15.7. The molecule has 3 aromatic rings. The maximum absolute atomic E-state index is 13.3. The quantitative estimate of drug-likeness (QED) is 0.534. The highest BCUT2D eigenvalue weighted by Gasteiger charge is 2.31. The Morgan fingerprint density at radius 3 is 2.52 bits per heavy atom. The molecule has 3 N–H and O–H groups in total. The number of amides is 1. The van der Waals surface area contributed by atoms with Crippen molar-refractivity contribution >= 4 is 34.2 Å². The van der Waals surface area contributed by atoms with Gasteiger partial charge < -0.3 is 25.4 Å². The molecule has 2 aromatic carbocycles. The Hall–Kier alpha value is -3.86. The molecule has 1 fully saturated rings. The summed E-state index contributed by atoms with van der Waals surface area (Å²) in [7, 11) is 0. The number of alkyl halides is 3. The van der Waals surface area contributed by atoms with Crippen molar-refractivity contribution in [1.29, 1.82) is 0 Å². The van der Waals surface area contributed by atoms with Gasteiger partial charge in [-0.2, -0.15) is 0 Å². The molecule has 4 rings (SSSR count). The normalized spacial score (nSPS) is 14.2. The van der Waals surface area contributed by atoms with Crippen LogP contribution in [-0.2, 0) is 0 Å². The summed E-state index contributed by atoms with van der Waals surface area (Å²) < 4.78 is 42.4. The number of fused-ring (bicyclic) bond motifs is 1. The molecule has 1 saturated heterocycles. The fourth-order valence-electron chi connectivity index (χ4n) is 3.62. The molecule has 0 spiro atoms. The number of aromatic nitrogens is 1. The highest BCUT2D eigenvalue weighted by atomic mass is 19.4. The highest BCUT2D eigenvalue weighted by Crippen LogP contribution is 2.35. The molecule has 0 bridgehead atoms. The maximum Gasteiger partial charge on any atom is 0.573 e. The minimum absolute atomic E-state index is 0.0641. The van der Waals surface area contributed by atoms with E-state index in [1.54, 1.807) is 17.0 Å². The molecular weight excluding hydrogens is 441 g/mol. The van der Waals surface area contributed by atoms with Gasteiger partial charge in [0.05, 0.1) is 28.0 Å².